The minimum absolute atomic E-state index is 0. The van der Waals surface area contributed by atoms with E-state index in [1.807, 2.05) is 12.1 Å². The Balaban J connectivity index is 0.00000144. The third-order valence-electron chi connectivity index (χ3n) is 1.59. The Morgan fingerprint density at radius 2 is 2.00 bits per heavy atom. The van der Waals surface area contributed by atoms with Crippen molar-refractivity contribution in [2.45, 2.75) is 13.0 Å². The highest BCUT2D eigenvalue weighted by Crippen LogP contribution is 1.94. The molecule has 0 aliphatic heterocycles. The molecule has 74 valence electrons. The quantitative estimate of drug-likeness (QED) is 0.700. The molecule has 4 heteroatoms. The van der Waals surface area contributed by atoms with Crippen molar-refractivity contribution in [3.8, 4) is 0 Å². The summed E-state index contributed by atoms with van der Waals surface area (Å²) >= 11 is 0. The number of hydrogen-bond acceptors (Lipinski definition) is 3. The van der Waals surface area contributed by atoms with E-state index in [1.165, 1.54) is 5.56 Å². The van der Waals surface area contributed by atoms with E-state index in [0.717, 1.165) is 19.5 Å². The minimum Gasteiger partial charge on any atom is -0.396 e. The Morgan fingerprint density at radius 1 is 1.31 bits per heavy atom. The maximum Gasteiger partial charge on any atom is 0.0443 e. The van der Waals surface area contributed by atoms with Gasteiger partial charge in [-0.1, -0.05) is 0 Å². The number of nitrogens with one attached hydrogen (secondary N) is 1. The largest absolute Gasteiger partial charge is 0.396 e. The summed E-state index contributed by atoms with van der Waals surface area (Å²) in [6.07, 6.45) is 4.37. The first-order valence-corrected chi connectivity index (χ1v) is 4.14. The van der Waals surface area contributed by atoms with Crippen LogP contribution in [-0.2, 0) is 6.54 Å². The first-order valence-electron chi connectivity index (χ1n) is 4.14. The zero-order valence-corrected chi connectivity index (χ0v) is 8.26. The lowest BCUT2D eigenvalue weighted by molar-refractivity contribution is 0.286. The second-order valence-electron chi connectivity index (χ2n) is 2.61. The highest BCUT2D eigenvalue weighted by atomic mass is 35.5. The number of nitrogens with zero attached hydrogens (tertiary/aromatic N) is 1. The number of aliphatic hydroxyl groups excluding tert-OH is 1. The normalized spacial score (nSPS) is 9.31. The van der Waals surface area contributed by atoms with Gasteiger partial charge in [0.15, 0.2) is 0 Å². The van der Waals surface area contributed by atoms with Gasteiger partial charge in [0.1, 0.15) is 0 Å². The van der Waals surface area contributed by atoms with Crippen molar-refractivity contribution < 1.29 is 5.11 Å². The zero-order valence-electron chi connectivity index (χ0n) is 7.44. The average Bonchev–Trinajstić information content (AvgIpc) is 2.14. The van der Waals surface area contributed by atoms with Crippen LogP contribution in [0.15, 0.2) is 24.5 Å². The number of hydrogen-bond donors (Lipinski definition) is 2. The van der Waals surface area contributed by atoms with Crippen molar-refractivity contribution in [3.63, 3.8) is 0 Å². The molecule has 0 saturated heterocycles. The molecule has 0 amide bonds. The molecule has 13 heavy (non-hydrogen) atoms. The summed E-state index contributed by atoms with van der Waals surface area (Å²) in [6, 6.07) is 3.96. The van der Waals surface area contributed by atoms with E-state index in [-0.39, 0.29) is 19.0 Å². The van der Waals surface area contributed by atoms with Gasteiger partial charge in [0.05, 0.1) is 0 Å². The Labute approximate surface area is 84.6 Å². The van der Waals surface area contributed by atoms with Gasteiger partial charge >= 0.3 is 0 Å². The van der Waals surface area contributed by atoms with Crippen molar-refractivity contribution in [2.75, 3.05) is 13.2 Å². The van der Waals surface area contributed by atoms with Crippen LogP contribution < -0.4 is 5.32 Å². The van der Waals surface area contributed by atoms with E-state index in [0.29, 0.717) is 0 Å². The van der Waals surface area contributed by atoms with Gasteiger partial charge in [-0.15, -0.1) is 12.4 Å². The van der Waals surface area contributed by atoms with E-state index in [2.05, 4.69) is 10.3 Å². The molecule has 0 radical (unpaired) electrons. The third kappa shape index (κ3) is 5.58. The van der Waals surface area contributed by atoms with Gasteiger partial charge in [-0.2, -0.15) is 0 Å². The number of rotatable bonds is 5. The van der Waals surface area contributed by atoms with Crippen LogP contribution in [0.3, 0.4) is 0 Å². The molecular weight excluding hydrogens is 188 g/mol. The number of pyridine rings is 1. The molecule has 0 fully saturated rings. The molecule has 0 bridgehead atoms. The van der Waals surface area contributed by atoms with Gasteiger partial charge in [-0.3, -0.25) is 4.98 Å². The van der Waals surface area contributed by atoms with Crippen LogP contribution in [0.2, 0.25) is 0 Å². The van der Waals surface area contributed by atoms with Gasteiger partial charge in [0, 0.05) is 25.5 Å². The Hall–Kier alpha value is -0.640. The molecule has 2 N–H and O–H groups in total. The minimum atomic E-state index is 0. The highest BCUT2D eigenvalue weighted by Gasteiger charge is 1.89. The fourth-order valence-electron chi connectivity index (χ4n) is 0.937. The summed E-state index contributed by atoms with van der Waals surface area (Å²) < 4.78 is 0. The molecule has 0 aliphatic carbocycles. The van der Waals surface area contributed by atoms with Gasteiger partial charge in [-0.25, -0.2) is 0 Å². The average molecular weight is 203 g/mol. The summed E-state index contributed by atoms with van der Waals surface area (Å²) in [5.41, 5.74) is 1.22. The van der Waals surface area contributed by atoms with E-state index < -0.39 is 0 Å². The molecule has 0 spiro atoms. The van der Waals surface area contributed by atoms with E-state index in [4.69, 9.17) is 5.11 Å². The first kappa shape index (κ1) is 12.4. The lowest BCUT2D eigenvalue weighted by atomic mass is 10.3. The molecule has 1 aromatic rings. The molecule has 1 aromatic heterocycles. The van der Waals surface area contributed by atoms with Gasteiger partial charge in [-0.05, 0) is 30.7 Å². The molecular formula is C9H15ClN2O. The summed E-state index contributed by atoms with van der Waals surface area (Å²) in [4.78, 5) is 3.92. The smallest absolute Gasteiger partial charge is 0.0443 e. The van der Waals surface area contributed by atoms with E-state index in [1.54, 1.807) is 12.4 Å². The predicted octanol–water partition coefficient (Wildman–Crippen LogP) is 0.975. The van der Waals surface area contributed by atoms with Crippen LogP contribution in [0.1, 0.15) is 12.0 Å². The molecule has 1 rings (SSSR count). The summed E-state index contributed by atoms with van der Waals surface area (Å²) in [5, 5.41) is 11.7. The topological polar surface area (TPSA) is 45.1 Å². The Bertz CT molecular complexity index is 206. The monoisotopic (exact) mass is 202 g/mol. The lowest BCUT2D eigenvalue weighted by Crippen LogP contribution is -2.15. The van der Waals surface area contributed by atoms with Gasteiger partial charge in [0.25, 0.3) is 0 Å². The second-order valence-corrected chi connectivity index (χ2v) is 2.61. The molecule has 0 saturated carbocycles. The molecule has 1 heterocycles. The van der Waals surface area contributed by atoms with Crippen molar-refractivity contribution in [1.82, 2.24) is 10.3 Å². The van der Waals surface area contributed by atoms with Crippen molar-refractivity contribution in [1.29, 1.82) is 0 Å². The molecule has 3 nitrogen and oxygen atoms in total. The molecule has 0 atom stereocenters. The van der Waals surface area contributed by atoms with Crippen molar-refractivity contribution >= 4 is 12.4 Å². The number of aliphatic hydroxyl groups is 1. The van der Waals surface area contributed by atoms with Gasteiger partial charge in [0.2, 0.25) is 0 Å². The zero-order chi connectivity index (χ0) is 8.65. The first-order chi connectivity index (χ1) is 5.93. The number of halogens is 1. The summed E-state index contributed by atoms with van der Waals surface area (Å²) in [7, 11) is 0. The standard InChI is InChI=1S/C9H14N2O.ClH/c12-7-1-4-11-8-9-2-5-10-6-3-9;/h2-3,5-6,11-12H,1,4,7-8H2;1H. The van der Waals surface area contributed by atoms with Crippen molar-refractivity contribution in [2.24, 2.45) is 0 Å². The van der Waals surface area contributed by atoms with Crippen LogP contribution in [0.25, 0.3) is 0 Å². The Kier molecular flexibility index (Phi) is 7.59. The summed E-state index contributed by atoms with van der Waals surface area (Å²) in [6.45, 7) is 1.96. The second kappa shape index (κ2) is 7.98. The van der Waals surface area contributed by atoms with Gasteiger partial charge < -0.3 is 10.4 Å². The fraction of sp³-hybridized carbons (Fsp3) is 0.444. The predicted molar refractivity (Wildman–Crippen MR) is 54.9 cm³/mol. The Morgan fingerprint density at radius 3 is 2.62 bits per heavy atom. The van der Waals surface area contributed by atoms with Crippen LogP contribution >= 0.6 is 12.4 Å². The highest BCUT2D eigenvalue weighted by molar-refractivity contribution is 5.85. The lowest BCUT2D eigenvalue weighted by Gasteiger charge is -2.02. The summed E-state index contributed by atoms with van der Waals surface area (Å²) in [5.74, 6) is 0. The van der Waals surface area contributed by atoms with Crippen LogP contribution in [0.4, 0.5) is 0 Å². The number of aromatic nitrogens is 1. The molecule has 0 unspecified atom stereocenters. The van der Waals surface area contributed by atoms with Crippen LogP contribution in [-0.4, -0.2) is 23.2 Å². The molecule has 0 aromatic carbocycles. The maximum absolute atomic E-state index is 8.51. The van der Waals surface area contributed by atoms with Crippen molar-refractivity contribution in [3.05, 3.63) is 30.1 Å². The molecule has 0 aliphatic rings. The van der Waals surface area contributed by atoms with Crippen LogP contribution in [0, 0.1) is 0 Å². The van der Waals surface area contributed by atoms with E-state index in [9.17, 15) is 0 Å². The van der Waals surface area contributed by atoms with E-state index >= 15 is 0 Å². The SMILES string of the molecule is Cl.OCCCNCc1ccncc1. The fourth-order valence-corrected chi connectivity index (χ4v) is 0.937. The maximum atomic E-state index is 8.51. The van der Waals surface area contributed by atoms with Crippen LogP contribution in [0.5, 0.6) is 0 Å². The third-order valence-corrected chi connectivity index (χ3v) is 1.59.